The lowest BCUT2D eigenvalue weighted by Crippen LogP contribution is -2.45. The second-order valence-electron chi connectivity index (χ2n) is 6.16. The highest BCUT2D eigenvalue weighted by molar-refractivity contribution is 9.11. The molecule has 118 valence electrons. The van der Waals surface area contributed by atoms with Crippen LogP contribution in [0.2, 0.25) is 0 Å². The van der Waals surface area contributed by atoms with E-state index in [1.807, 2.05) is 6.07 Å². The predicted molar refractivity (Wildman–Crippen MR) is 97.5 cm³/mol. The third-order valence-electron chi connectivity index (χ3n) is 4.10. The van der Waals surface area contributed by atoms with Crippen LogP contribution in [0.5, 0.6) is 0 Å². The lowest BCUT2D eigenvalue weighted by Gasteiger charge is -2.36. The van der Waals surface area contributed by atoms with Gasteiger partial charge in [-0.1, -0.05) is 29.8 Å². The van der Waals surface area contributed by atoms with Gasteiger partial charge in [0, 0.05) is 41.2 Å². The summed E-state index contributed by atoms with van der Waals surface area (Å²) in [4.78, 5) is 2.57. The van der Waals surface area contributed by atoms with Gasteiger partial charge in [-0.15, -0.1) is 0 Å². The Morgan fingerprint density at radius 3 is 2.48 bits per heavy atom. The minimum atomic E-state index is 0.406. The van der Waals surface area contributed by atoms with Crippen LogP contribution < -0.4 is 11.1 Å². The molecule has 1 heterocycles. The molecule has 0 aliphatic carbocycles. The molecule has 1 aliphatic rings. The monoisotopic (exact) mass is 417 g/mol. The van der Waals surface area contributed by atoms with Crippen LogP contribution in [0.15, 0.2) is 21.1 Å². The summed E-state index contributed by atoms with van der Waals surface area (Å²) < 4.78 is 2.07. The first-order chi connectivity index (χ1) is 9.99. The predicted octanol–water partition coefficient (Wildman–Crippen LogP) is 4.18. The minimum Gasteiger partial charge on any atom is -0.398 e. The molecule has 0 spiro atoms. The molecule has 21 heavy (non-hydrogen) atoms. The fourth-order valence-corrected chi connectivity index (χ4v) is 4.16. The van der Waals surface area contributed by atoms with Crippen molar-refractivity contribution in [3.05, 3.63) is 26.6 Å². The van der Waals surface area contributed by atoms with Crippen LogP contribution >= 0.6 is 31.9 Å². The van der Waals surface area contributed by atoms with E-state index in [4.69, 9.17) is 5.73 Å². The van der Waals surface area contributed by atoms with Gasteiger partial charge in [-0.05, 0) is 52.4 Å². The third-order valence-corrected chi connectivity index (χ3v) is 5.21. The van der Waals surface area contributed by atoms with Gasteiger partial charge in [0.1, 0.15) is 0 Å². The van der Waals surface area contributed by atoms with E-state index in [9.17, 15) is 0 Å². The smallest absolute Gasteiger partial charge is 0.0507 e. The van der Waals surface area contributed by atoms with Crippen molar-refractivity contribution in [2.75, 3.05) is 31.9 Å². The zero-order valence-corrected chi connectivity index (χ0v) is 16.0. The Balaban J connectivity index is 2.29. The van der Waals surface area contributed by atoms with Crippen molar-refractivity contribution in [1.29, 1.82) is 0 Å². The van der Waals surface area contributed by atoms with Crippen LogP contribution in [0.3, 0.4) is 0 Å². The molecule has 0 bridgehead atoms. The van der Waals surface area contributed by atoms with E-state index >= 15 is 0 Å². The number of rotatable bonds is 5. The van der Waals surface area contributed by atoms with Gasteiger partial charge in [0.05, 0.1) is 5.69 Å². The molecule has 3 nitrogen and oxygen atoms in total. The van der Waals surface area contributed by atoms with Gasteiger partial charge in [0.2, 0.25) is 0 Å². The number of benzene rings is 1. The first-order valence-electron chi connectivity index (χ1n) is 7.68. The maximum absolute atomic E-state index is 6.36. The average Bonchev–Trinajstić information content (AvgIpc) is 2.45. The fourth-order valence-electron chi connectivity index (χ4n) is 2.90. The van der Waals surface area contributed by atoms with E-state index in [1.165, 1.54) is 12.0 Å². The maximum Gasteiger partial charge on any atom is 0.0507 e. The number of hydrogen-bond donors (Lipinski definition) is 2. The van der Waals surface area contributed by atoms with Crippen molar-refractivity contribution in [3.8, 4) is 0 Å². The summed E-state index contributed by atoms with van der Waals surface area (Å²) in [5, 5.41) is 3.43. The molecule has 0 radical (unpaired) electrons. The Bertz CT molecular complexity index is 471. The number of nitrogens with zero attached hydrogens (tertiary/aromatic N) is 1. The second-order valence-corrected chi connectivity index (χ2v) is 7.93. The van der Waals surface area contributed by atoms with Crippen molar-refractivity contribution < 1.29 is 0 Å². The first-order valence-corrected chi connectivity index (χ1v) is 9.26. The molecule has 1 atom stereocenters. The van der Waals surface area contributed by atoms with Crippen LogP contribution in [0.4, 0.5) is 5.69 Å². The summed E-state index contributed by atoms with van der Waals surface area (Å²) in [5.74, 6) is 0.715. The second kappa shape index (κ2) is 7.95. The highest BCUT2D eigenvalue weighted by Crippen LogP contribution is 2.37. The van der Waals surface area contributed by atoms with Crippen LogP contribution in [0, 0.1) is 5.92 Å². The van der Waals surface area contributed by atoms with Gasteiger partial charge in [0.15, 0.2) is 0 Å². The van der Waals surface area contributed by atoms with Crippen LogP contribution in [-0.2, 0) is 0 Å². The lowest BCUT2D eigenvalue weighted by molar-refractivity contribution is 0.160. The molecule has 1 fully saturated rings. The van der Waals surface area contributed by atoms with E-state index in [-0.39, 0.29) is 0 Å². The topological polar surface area (TPSA) is 41.3 Å². The van der Waals surface area contributed by atoms with Crippen molar-refractivity contribution in [2.45, 2.75) is 32.7 Å². The molecule has 1 aromatic rings. The van der Waals surface area contributed by atoms with Gasteiger partial charge in [-0.2, -0.15) is 0 Å². The molecule has 2 rings (SSSR count). The average molecular weight is 419 g/mol. The van der Waals surface area contributed by atoms with Gasteiger partial charge < -0.3 is 11.1 Å². The van der Waals surface area contributed by atoms with E-state index < -0.39 is 0 Å². The van der Waals surface area contributed by atoms with E-state index in [1.54, 1.807) is 0 Å². The van der Waals surface area contributed by atoms with Crippen molar-refractivity contribution in [1.82, 2.24) is 10.2 Å². The van der Waals surface area contributed by atoms with Crippen molar-refractivity contribution >= 4 is 37.5 Å². The highest BCUT2D eigenvalue weighted by Gasteiger charge is 2.25. The molecule has 1 saturated heterocycles. The van der Waals surface area contributed by atoms with Crippen LogP contribution in [-0.4, -0.2) is 31.1 Å². The summed E-state index contributed by atoms with van der Waals surface area (Å²) in [6.45, 7) is 8.88. The van der Waals surface area contributed by atoms with E-state index in [2.05, 4.69) is 62.0 Å². The summed E-state index contributed by atoms with van der Waals surface area (Å²) in [5.41, 5.74) is 8.48. The molecule has 0 amide bonds. The van der Waals surface area contributed by atoms with Gasteiger partial charge in [-0.3, -0.25) is 4.90 Å². The number of nitrogens with two attached hydrogens (primary N) is 1. The van der Waals surface area contributed by atoms with Gasteiger partial charge in [0.25, 0.3) is 0 Å². The molecule has 0 unspecified atom stereocenters. The first kappa shape index (κ1) is 17.3. The van der Waals surface area contributed by atoms with Gasteiger partial charge in [-0.25, -0.2) is 0 Å². The molecule has 0 saturated carbocycles. The Labute approximate surface area is 144 Å². The highest BCUT2D eigenvalue weighted by atomic mass is 79.9. The van der Waals surface area contributed by atoms with E-state index in [0.717, 1.165) is 47.2 Å². The standard InChI is InChI=1S/C16H25Br2N3/c1-11(2)3-4-15(21-7-5-20-6-8-21)13-9-12(17)10-14(18)16(13)19/h9-11,15,20H,3-8,19H2,1-2H3/t15-/m0/s1. The number of nitrogen functional groups attached to an aromatic ring is 1. The Kier molecular flexibility index (Phi) is 6.53. The molecule has 1 aliphatic heterocycles. The lowest BCUT2D eigenvalue weighted by atomic mass is 9.94. The Morgan fingerprint density at radius 1 is 1.19 bits per heavy atom. The van der Waals surface area contributed by atoms with E-state index in [0.29, 0.717) is 12.0 Å². The fraction of sp³-hybridized carbons (Fsp3) is 0.625. The van der Waals surface area contributed by atoms with Crippen LogP contribution in [0.25, 0.3) is 0 Å². The zero-order valence-electron chi connectivity index (χ0n) is 12.8. The van der Waals surface area contributed by atoms with Crippen molar-refractivity contribution in [2.24, 2.45) is 5.92 Å². The summed E-state index contributed by atoms with van der Waals surface area (Å²) in [7, 11) is 0. The summed E-state index contributed by atoms with van der Waals surface area (Å²) in [6, 6.07) is 4.62. The SMILES string of the molecule is CC(C)CC[C@@H](c1cc(Br)cc(Br)c1N)N1CCNCC1. The molecular weight excluding hydrogens is 394 g/mol. The number of anilines is 1. The molecule has 0 aromatic heterocycles. The summed E-state index contributed by atoms with van der Waals surface area (Å²) in [6.07, 6.45) is 2.38. The quantitative estimate of drug-likeness (QED) is 0.704. The molecule has 5 heteroatoms. The number of piperazine rings is 1. The largest absolute Gasteiger partial charge is 0.398 e. The molecule has 1 aromatic carbocycles. The molecular formula is C16H25Br2N3. The number of halogens is 2. The van der Waals surface area contributed by atoms with Gasteiger partial charge >= 0.3 is 0 Å². The summed E-state index contributed by atoms with van der Waals surface area (Å²) >= 11 is 7.19. The zero-order chi connectivity index (χ0) is 15.4. The third kappa shape index (κ3) is 4.68. The van der Waals surface area contributed by atoms with Crippen LogP contribution in [0.1, 0.15) is 38.3 Å². The normalized spacial score (nSPS) is 18.1. The Hall–Kier alpha value is -0.100. The minimum absolute atomic E-state index is 0.406. The van der Waals surface area contributed by atoms with Crippen molar-refractivity contribution in [3.63, 3.8) is 0 Å². The molecule has 3 N–H and O–H groups in total. The Morgan fingerprint density at radius 2 is 1.86 bits per heavy atom. The number of nitrogens with one attached hydrogen (secondary N) is 1. The maximum atomic E-state index is 6.36. The number of hydrogen-bond acceptors (Lipinski definition) is 3.